The molecule has 5 nitrogen and oxygen atoms in total. The number of benzene rings is 2. The van der Waals surface area contributed by atoms with Crippen LogP contribution in [-0.2, 0) is 4.79 Å². The average molecular weight is 401 g/mol. The summed E-state index contributed by atoms with van der Waals surface area (Å²) in [5.41, 5.74) is 6.49. The lowest BCUT2D eigenvalue weighted by molar-refractivity contribution is -0.119. The normalized spacial score (nSPS) is 20.1. The molecule has 2 aromatic rings. The van der Waals surface area contributed by atoms with Crippen molar-refractivity contribution in [3.63, 3.8) is 0 Å². The van der Waals surface area contributed by atoms with Crippen LogP contribution < -0.4 is 15.2 Å². The van der Waals surface area contributed by atoms with E-state index in [9.17, 15) is 14.3 Å². The molecule has 3 N–H and O–H groups in total. The van der Waals surface area contributed by atoms with Crippen molar-refractivity contribution in [3.05, 3.63) is 59.4 Å². The van der Waals surface area contributed by atoms with E-state index in [1.165, 1.54) is 6.07 Å². The number of ether oxygens (including phenoxy) is 2. The van der Waals surface area contributed by atoms with E-state index in [1.54, 1.807) is 37.4 Å². The molecule has 1 aliphatic rings. The van der Waals surface area contributed by atoms with E-state index >= 15 is 0 Å². The molecule has 0 aliphatic heterocycles. The van der Waals surface area contributed by atoms with Crippen molar-refractivity contribution in [2.75, 3.05) is 13.7 Å². The van der Waals surface area contributed by atoms with Crippen molar-refractivity contribution in [1.29, 1.82) is 0 Å². The number of hydrogen-bond acceptors (Lipinski definition) is 4. The Hall–Kier alpha value is -2.60. The monoisotopic (exact) mass is 401 g/mol. The fourth-order valence-corrected chi connectivity index (χ4v) is 3.94. The molecule has 0 heterocycles. The van der Waals surface area contributed by atoms with Crippen molar-refractivity contribution < 1.29 is 23.8 Å². The largest absolute Gasteiger partial charge is 0.497 e. The highest BCUT2D eigenvalue weighted by Gasteiger charge is 2.25. The summed E-state index contributed by atoms with van der Waals surface area (Å²) in [5.74, 6) is 1.23. The second-order valence-corrected chi connectivity index (χ2v) is 7.67. The van der Waals surface area contributed by atoms with Gasteiger partial charge in [-0.05, 0) is 79.0 Å². The lowest BCUT2D eigenvalue weighted by Gasteiger charge is -2.29. The van der Waals surface area contributed by atoms with Crippen LogP contribution in [0.2, 0.25) is 0 Å². The van der Waals surface area contributed by atoms with Gasteiger partial charge in [-0.25, -0.2) is 4.39 Å². The van der Waals surface area contributed by atoms with Crippen LogP contribution in [0.15, 0.2) is 42.5 Å². The van der Waals surface area contributed by atoms with E-state index < -0.39 is 12.0 Å². The molecule has 6 heteroatoms. The number of methoxy groups -OCH3 is 1. The van der Waals surface area contributed by atoms with Gasteiger partial charge in [0.05, 0.1) is 26.2 Å². The summed E-state index contributed by atoms with van der Waals surface area (Å²) in [6, 6.07) is 12.0. The third kappa shape index (κ3) is 5.70. The quantitative estimate of drug-likeness (QED) is 0.698. The van der Waals surface area contributed by atoms with Gasteiger partial charge in [0.2, 0.25) is 5.91 Å². The Morgan fingerprint density at radius 1 is 1.17 bits per heavy atom. The zero-order valence-electron chi connectivity index (χ0n) is 16.6. The van der Waals surface area contributed by atoms with Gasteiger partial charge >= 0.3 is 0 Å². The van der Waals surface area contributed by atoms with Crippen LogP contribution in [0.5, 0.6) is 11.5 Å². The Kier molecular flexibility index (Phi) is 7.09. The smallest absolute Gasteiger partial charge is 0.220 e. The molecule has 29 heavy (non-hydrogen) atoms. The van der Waals surface area contributed by atoms with Gasteiger partial charge in [-0.15, -0.1) is 0 Å². The molecule has 3 rings (SSSR count). The molecule has 156 valence electrons. The molecular formula is C23H28FNO4. The van der Waals surface area contributed by atoms with Gasteiger partial charge in [0.25, 0.3) is 0 Å². The predicted octanol–water partition coefficient (Wildman–Crippen LogP) is 4.10. The van der Waals surface area contributed by atoms with Crippen LogP contribution in [0.1, 0.15) is 55.3 Å². The van der Waals surface area contributed by atoms with Gasteiger partial charge in [-0.3, -0.25) is 4.79 Å². The number of rotatable bonds is 8. The SMILES string of the molecule is COc1ccc(F)c(C2CCC(COc3cccc([C@H](O)CC(N)=O)c3)CC2)c1. The minimum absolute atomic E-state index is 0.117. The number of nitrogens with two attached hydrogens (primary N) is 1. The van der Waals surface area contributed by atoms with Crippen molar-refractivity contribution in [3.8, 4) is 11.5 Å². The summed E-state index contributed by atoms with van der Waals surface area (Å²) in [4.78, 5) is 11.0. The first kappa shape index (κ1) is 21.1. The van der Waals surface area contributed by atoms with Crippen LogP contribution >= 0.6 is 0 Å². The summed E-state index contributed by atoms with van der Waals surface area (Å²) in [6.07, 6.45) is 2.71. The van der Waals surface area contributed by atoms with E-state index in [0.717, 1.165) is 31.2 Å². The predicted molar refractivity (Wildman–Crippen MR) is 108 cm³/mol. The fraction of sp³-hybridized carbons (Fsp3) is 0.435. The minimum Gasteiger partial charge on any atom is -0.497 e. The van der Waals surface area contributed by atoms with Crippen molar-refractivity contribution >= 4 is 5.91 Å². The third-order valence-corrected chi connectivity index (χ3v) is 5.61. The first-order chi connectivity index (χ1) is 14.0. The van der Waals surface area contributed by atoms with E-state index in [2.05, 4.69) is 0 Å². The van der Waals surface area contributed by atoms with Crippen LogP contribution in [0.4, 0.5) is 4.39 Å². The maximum absolute atomic E-state index is 14.2. The molecule has 0 aromatic heterocycles. The molecule has 0 unspecified atom stereocenters. The molecule has 2 aromatic carbocycles. The summed E-state index contributed by atoms with van der Waals surface area (Å²) < 4.78 is 25.4. The number of carbonyl (C=O) groups excluding carboxylic acids is 1. The average Bonchev–Trinajstić information content (AvgIpc) is 2.73. The van der Waals surface area contributed by atoms with Crippen LogP contribution in [0, 0.1) is 11.7 Å². The number of primary amides is 1. The fourth-order valence-electron chi connectivity index (χ4n) is 3.94. The topological polar surface area (TPSA) is 81.8 Å². The highest BCUT2D eigenvalue weighted by Crippen LogP contribution is 2.38. The van der Waals surface area contributed by atoms with Gasteiger partial charge in [-0.2, -0.15) is 0 Å². The van der Waals surface area contributed by atoms with Crippen LogP contribution in [0.3, 0.4) is 0 Å². The van der Waals surface area contributed by atoms with Crippen molar-refractivity contribution in [2.45, 2.75) is 44.1 Å². The molecule has 0 radical (unpaired) electrons. The van der Waals surface area contributed by atoms with Gasteiger partial charge in [0.15, 0.2) is 0 Å². The maximum Gasteiger partial charge on any atom is 0.220 e. The number of aliphatic hydroxyl groups excluding tert-OH is 1. The third-order valence-electron chi connectivity index (χ3n) is 5.61. The molecule has 1 saturated carbocycles. The lowest BCUT2D eigenvalue weighted by atomic mass is 9.79. The van der Waals surface area contributed by atoms with E-state index in [4.69, 9.17) is 15.2 Å². The molecule has 1 amide bonds. The zero-order valence-corrected chi connectivity index (χ0v) is 16.6. The van der Waals surface area contributed by atoms with E-state index in [1.807, 2.05) is 6.07 Å². The standard InChI is InChI=1S/C23H28FNO4/c1-28-18-9-10-21(24)20(12-18)16-7-5-15(6-8-16)14-29-19-4-2-3-17(11-19)22(26)13-23(25)27/h2-4,9-12,15-16,22,26H,5-8,13-14H2,1H3,(H2,25,27)/t15?,16?,22-/m1/s1. The van der Waals surface area contributed by atoms with Gasteiger partial charge in [0, 0.05) is 0 Å². The Balaban J connectivity index is 1.52. The number of hydrogen-bond donors (Lipinski definition) is 2. The van der Waals surface area contributed by atoms with E-state index in [-0.39, 0.29) is 18.2 Å². The Morgan fingerprint density at radius 3 is 2.62 bits per heavy atom. The first-order valence-corrected chi connectivity index (χ1v) is 9.98. The van der Waals surface area contributed by atoms with Crippen molar-refractivity contribution in [1.82, 2.24) is 0 Å². The van der Waals surface area contributed by atoms with Gasteiger partial charge < -0.3 is 20.3 Å². The first-order valence-electron chi connectivity index (χ1n) is 9.98. The number of amides is 1. The highest BCUT2D eigenvalue weighted by atomic mass is 19.1. The molecule has 1 atom stereocenters. The number of carbonyl (C=O) groups is 1. The Labute approximate surface area is 170 Å². The molecule has 1 fully saturated rings. The Morgan fingerprint density at radius 2 is 1.93 bits per heavy atom. The lowest BCUT2D eigenvalue weighted by Crippen LogP contribution is -2.20. The van der Waals surface area contributed by atoms with Crippen LogP contribution in [0.25, 0.3) is 0 Å². The van der Waals surface area contributed by atoms with Gasteiger partial charge in [0.1, 0.15) is 17.3 Å². The van der Waals surface area contributed by atoms with Crippen LogP contribution in [-0.4, -0.2) is 24.7 Å². The van der Waals surface area contributed by atoms with E-state index in [0.29, 0.717) is 29.6 Å². The maximum atomic E-state index is 14.2. The molecule has 0 saturated heterocycles. The second-order valence-electron chi connectivity index (χ2n) is 7.67. The molecule has 0 spiro atoms. The summed E-state index contributed by atoms with van der Waals surface area (Å²) in [6.45, 7) is 0.572. The minimum atomic E-state index is -0.927. The Bertz CT molecular complexity index is 833. The summed E-state index contributed by atoms with van der Waals surface area (Å²) in [5, 5.41) is 10.0. The summed E-state index contributed by atoms with van der Waals surface area (Å²) >= 11 is 0. The van der Waals surface area contributed by atoms with Crippen molar-refractivity contribution in [2.24, 2.45) is 11.7 Å². The van der Waals surface area contributed by atoms with Gasteiger partial charge in [-0.1, -0.05) is 12.1 Å². The molecular weight excluding hydrogens is 373 g/mol. The molecule has 1 aliphatic carbocycles. The zero-order chi connectivity index (χ0) is 20.8. The highest BCUT2D eigenvalue weighted by molar-refractivity contribution is 5.74. The molecule has 0 bridgehead atoms. The summed E-state index contributed by atoms with van der Waals surface area (Å²) in [7, 11) is 1.59. The number of aliphatic hydroxyl groups is 1. The number of halogens is 1. The second kappa shape index (κ2) is 9.74.